The van der Waals surface area contributed by atoms with Crippen molar-refractivity contribution in [1.29, 1.82) is 0 Å². The molecular weight excluding hydrogens is 757 g/mol. The molecular formula is C48H96N6O6. The monoisotopic (exact) mass is 853 g/mol. The number of hydrogen-bond donors (Lipinski definition) is 4. The van der Waals surface area contributed by atoms with Crippen molar-refractivity contribution in [2.24, 2.45) is 32.5 Å². The van der Waals surface area contributed by atoms with Crippen molar-refractivity contribution >= 4 is 23.4 Å². The minimum atomic E-state index is -0.832. The zero-order chi connectivity index (χ0) is 47.4. The number of nitrogens with one attached hydrogen (secondary N) is 3. The normalized spacial score (nSPS) is 18.6. The quantitative estimate of drug-likeness (QED) is 0.0884. The predicted octanol–water partition coefficient (Wildman–Crippen LogP) is 9.19. The number of amides is 2. The molecule has 1 heterocycles. The average molecular weight is 853 g/mol. The van der Waals surface area contributed by atoms with E-state index in [0.717, 1.165) is 31.8 Å². The summed E-state index contributed by atoms with van der Waals surface area (Å²) in [6.07, 6.45) is 6.30. The fourth-order valence-electron chi connectivity index (χ4n) is 5.09. The van der Waals surface area contributed by atoms with Gasteiger partial charge in [-0.1, -0.05) is 61.5 Å². The maximum Gasteiger partial charge on any atom is 0.270 e. The van der Waals surface area contributed by atoms with Crippen LogP contribution in [0.4, 0.5) is 0 Å². The molecule has 0 radical (unpaired) electrons. The van der Waals surface area contributed by atoms with Gasteiger partial charge >= 0.3 is 0 Å². The molecule has 0 spiro atoms. The van der Waals surface area contributed by atoms with Crippen molar-refractivity contribution in [3.63, 3.8) is 0 Å². The fraction of sp³-hybridized carbons (Fsp3) is 0.875. The van der Waals surface area contributed by atoms with Crippen LogP contribution in [0, 0.1) is 16.7 Å². The van der Waals surface area contributed by atoms with Crippen LogP contribution in [0.5, 0.6) is 0 Å². The summed E-state index contributed by atoms with van der Waals surface area (Å²) in [6, 6.07) is -0.832. The van der Waals surface area contributed by atoms with Crippen LogP contribution in [-0.2, 0) is 28.5 Å². The zero-order valence-corrected chi connectivity index (χ0v) is 42.9. The first-order valence-electron chi connectivity index (χ1n) is 22.5. The van der Waals surface area contributed by atoms with Gasteiger partial charge in [0.2, 0.25) is 5.91 Å². The van der Waals surface area contributed by atoms with Crippen molar-refractivity contribution in [3.8, 4) is 0 Å². The number of ether oxygens (including phenoxy) is 4. The summed E-state index contributed by atoms with van der Waals surface area (Å²) < 4.78 is 23.4. The lowest BCUT2D eigenvalue weighted by molar-refractivity contribution is -0.123. The second-order valence-corrected chi connectivity index (χ2v) is 22.3. The van der Waals surface area contributed by atoms with Crippen molar-refractivity contribution < 1.29 is 28.5 Å². The van der Waals surface area contributed by atoms with Crippen LogP contribution in [-0.4, -0.2) is 103 Å². The van der Waals surface area contributed by atoms with Gasteiger partial charge in [-0.25, -0.2) is 0 Å². The van der Waals surface area contributed by atoms with Gasteiger partial charge in [0.25, 0.3) is 5.91 Å². The molecule has 0 aliphatic carbocycles. The SMILES string of the molecule is CC.CC(C)(CCOC(C)(C)C)CN=C1NC(C(=O)NC(C)(C)CCOC(C)(C)C)C=CC(NCC(C)(C)CCOC(C)(C)C)/N=C\1C(N)=O.CC(C)CCOC(C)(C)C. The van der Waals surface area contributed by atoms with Crippen molar-refractivity contribution in [2.45, 2.75) is 218 Å². The van der Waals surface area contributed by atoms with E-state index in [4.69, 9.17) is 34.7 Å². The molecule has 0 aromatic carbocycles. The zero-order valence-electron chi connectivity index (χ0n) is 42.9. The summed E-state index contributed by atoms with van der Waals surface area (Å²) in [4.78, 5) is 36.2. The number of nitrogens with zero attached hydrogens (tertiary/aromatic N) is 2. The summed E-state index contributed by atoms with van der Waals surface area (Å²) in [5.41, 5.74) is 4.26. The van der Waals surface area contributed by atoms with E-state index < -0.39 is 23.7 Å². The molecule has 0 saturated carbocycles. The maximum atomic E-state index is 13.8. The Bertz CT molecular complexity index is 1320. The van der Waals surface area contributed by atoms with Gasteiger partial charge in [0.05, 0.1) is 22.4 Å². The molecule has 2 unspecified atom stereocenters. The van der Waals surface area contributed by atoms with Crippen molar-refractivity contribution in [3.05, 3.63) is 12.2 Å². The molecule has 1 aliphatic heterocycles. The molecule has 0 fully saturated rings. The number of aliphatic imine (C=N–C) groups is 2. The first kappa shape index (κ1) is 59.7. The number of primary amides is 1. The van der Waals surface area contributed by atoms with Gasteiger partial charge in [-0.3, -0.25) is 24.9 Å². The second kappa shape index (κ2) is 26.3. The van der Waals surface area contributed by atoms with Crippen LogP contribution in [0.15, 0.2) is 22.1 Å². The van der Waals surface area contributed by atoms with Gasteiger partial charge in [0.1, 0.15) is 12.2 Å². The third-order valence-electron chi connectivity index (χ3n) is 8.82. The summed E-state index contributed by atoms with van der Waals surface area (Å²) >= 11 is 0. The first-order chi connectivity index (χ1) is 27.0. The van der Waals surface area contributed by atoms with E-state index in [1.165, 1.54) is 0 Å². The highest BCUT2D eigenvalue weighted by Crippen LogP contribution is 2.24. The van der Waals surface area contributed by atoms with E-state index in [-0.39, 0.29) is 50.7 Å². The maximum absolute atomic E-state index is 13.8. The van der Waals surface area contributed by atoms with Gasteiger partial charge in [-0.05, 0) is 145 Å². The predicted molar refractivity (Wildman–Crippen MR) is 254 cm³/mol. The Labute approximate surface area is 369 Å². The number of nitrogens with two attached hydrogens (primary N) is 1. The average Bonchev–Trinajstić information content (AvgIpc) is 3.02. The molecule has 2 amide bonds. The Hall–Kier alpha value is -2.38. The van der Waals surface area contributed by atoms with Crippen LogP contribution in [0.1, 0.15) is 178 Å². The minimum absolute atomic E-state index is 0.0110. The van der Waals surface area contributed by atoms with E-state index in [9.17, 15) is 9.59 Å². The standard InChI is InChI=1S/C37H70N6O5.C9H20O.C2H6/c1-32(2,3)46-21-18-35(10,11)24-39-27-17-16-26(31(45)43-37(14,15)20-23-48-34(7,8)9)41-30(28(42-27)29(38)44)40-25-36(12,13)19-22-47-33(4,5)6;1-8(2)6-7-10-9(3,4)5;1-2/h16-17,26-27,39H,18-25H2,1-15H3,(H2,38,44)(H,40,41)(H,43,45);8H,6-7H2,1-5H3;1-2H3/b17-16?,42-28-;;. The molecule has 0 aromatic rings. The topological polar surface area (TPSA) is 158 Å². The van der Waals surface area contributed by atoms with Crippen LogP contribution in [0.25, 0.3) is 0 Å². The third-order valence-corrected chi connectivity index (χ3v) is 8.82. The number of hydrogen-bond acceptors (Lipinski definition) is 9. The Balaban J connectivity index is 0. The van der Waals surface area contributed by atoms with Crippen molar-refractivity contribution in [2.75, 3.05) is 39.5 Å². The van der Waals surface area contributed by atoms with E-state index in [1.54, 1.807) is 12.2 Å². The minimum Gasteiger partial charge on any atom is -0.376 e. The summed E-state index contributed by atoms with van der Waals surface area (Å²) in [7, 11) is 0. The van der Waals surface area contributed by atoms with E-state index in [2.05, 4.69) is 78.3 Å². The highest BCUT2D eigenvalue weighted by Gasteiger charge is 2.31. The summed E-state index contributed by atoms with van der Waals surface area (Å²) in [5.74, 6) is -0.0479. The molecule has 5 N–H and O–H groups in total. The van der Waals surface area contributed by atoms with Gasteiger partial charge in [0, 0.05) is 45.1 Å². The number of carbonyl (C=O) groups excluding carboxylic acids is 2. The second-order valence-electron chi connectivity index (χ2n) is 22.3. The molecule has 0 aromatic heterocycles. The summed E-state index contributed by atoms with van der Waals surface area (Å²) in [5, 5.41) is 9.80. The molecule has 0 bridgehead atoms. The Kier molecular flexibility index (Phi) is 26.2. The lowest BCUT2D eigenvalue weighted by atomic mass is 9.89. The molecule has 354 valence electrons. The van der Waals surface area contributed by atoms with Gasteiger partial charge < -0.3 is 35.3 Å². The Morgan fingerprint density at radius 3 is 1.57 bits per heavy atom. The molecule has 12 heteroatoms. The van der Waals surface area contributed by atoms with E-state index in [0.29, 0.717) is 39.3 Å². The molecule has 1 aliphatic rings. The van der Waals surface area contributed by atoms with Gasteiger partial charge in [0.15, 0.2) is 11.5 Å². The molecule has 60 heavy (non-hydrogen) atoms. The van der Waals surface area contributed by atoms with E-state index in [1.807, 2.05) is 90.0 Å². The molecule has 0 saturated heterocycles. The van der Waals surface area contributed by atoms with Crippen LogP contribution < -0.4 is 21.7 Å². The van der Waals surface area contributed by atoms with Crippen molar-refractivity contribution in [1.82, 2.24) is 16.0 Å². The number of amidine groups is 1. The smallest absolute Gasteiger partial charge is 0.270 e. The van der Waals surface area contributed by atoms with E-state index >= 15 is 0 Å². The highest BCUT2D eigenvalue weighted by atomic mass is 16.5. The lowest BCUT2D eigenvalue weighted by Crippen LogP contribution is -2.56. The molecule has 2 atom stereocenters. The number of carbonyl (C=O) groups is 2. The lowest BCUT2D eigenvalue weighted by Gasteiger charge is -2.31. The molecule has 1 rings (SSSR count). The summed E-state index contributed by atoms with van der Waals surface area (Å²) in [6.45, 7) is 48.8. The number of rotatable bonds is 20. The largest absolute Gasteiger partial charge is 0.376 e. The van der Waals surface area contributed by atoms with Gasteiger partial charge in [-0.2, -0.15) is 0 Å². The molecule has 12 nitrogen and oxygen atoms in total. The van der Waals surface area contributed by atoms with Crippen LogP contribution in [0.3, 0.4) is 0 Å². The van der Waals surface area contributed by atoms with Crippen LogP contribution in [0.2, 0.25) is 0 Å². The Morgan fingerprint density at radius 2 is 1.13 bits per heavy atom. The van der Waals surface area contributed by atoms with Crippen LogP contribution >= 0.6 is 0 Å². The highest BCUT2D eigenvalue weighted by molar-refractivity contribution is 6.66. The Morgan fingerprint density at radius 1 is 0.700 bits per heavy atom. The fourth-order valence-corrected chi connectivity index (χ4v) is 5.09. The third kappa shape index (κ3) is 33.3. The first-order valence-corrected chi connectivity index (χ1v) is 22.5. The van der Waals surface area contributed by atoms with Gasteiger partial charge in [-0.15, -0.1) is 0 Å².